The highest BCUT2D eigenvalue weighted by molar-refractivity contribution is 6.27. The van der Waals surface area contributed by atoms with Crippen molar-refractivity contribution in [1.29, 1.82) is 0 Å². The third-order valence-electron chi connectivity index (χ3n) is 4.61. The van der Waals surface area contributed by atoms with E-state index < -0.39 is 6.23 Å². The second kappa shape index (κ2) is 10.1. The summed E-state index contributed by atoms with van der Waals surface area (Å²) < 4.78 is 10.8. The number of methoxy groups -OCH3 is 2. The van der Waals surface area contributed by atoms with Crippen molar-refractivity contribution in [2.24, 2.45) is 15.0 Å². The van der Waals surface area contributed by atoms with E-state index in [-0.39, 0.29) is 0 Å². The minimum Gasteiger partial charge on any atom is -0.480 e. The van der Waals surface area contributed by atoms with Gasteiger partial charge < -0.3 is 9.47 Å². The summed E-state index contributed by atoms with van der Waals surface area (Å²) in [7, 11) is 3.16. The van der Waals surface area contributed by atoms with Gasteiger partial charge in [0, 0.05) is 7.11 Å². The quantitative estimate of drug-likeness (QED) is 0.470. The molecular formula is C24H31N3O2. The topological polar surface area (TPSA) is 55.5 Å². The largest absolute Gasteiger partial charge is 0.480 e. The molecule has 154 valence electrons. The maximum Gasteiger partial charge on any atom is 0.230 e. The Morgan fingerprint density at radius 2 is 1.21 bits per heavy atom. The zero-order valence-corrected chi connectivity index (χ0v) is 18.7. The molecule has 2 aromatic carbocycles. The molecule has 0 amide bonds. The summed E-state index contributed by atoms with van der Waals surface area (Å²) in [6.07, 6.45) is 2.73. The molecule has 0 heterocycles. The van der Waals surface area contributed by atoms with Crippen LogP contribution in [0.4, 0.5) is 11.4 Å². The number of aliphatic imine (C=N–C) groups is 3. The lowest BCUT2D eigenvalue weighted by molar-refractivity contribution is 0.164. The molecular weight excluding hydrogens is 362 g/mol. The molecule has 0 spiro atoms. The Hall–Kier alpha value is -2.79. The molecule has 5 heteroatoms. The van der Waals surface area contributed by atoms with Gasteiger partial charge in [0.05, 0.1) is 30.9 Å². The zero-order chi connectivity index (χ0) is 21.6. The highest BCUT2D eigenvalue weighted by atomic mass is 16.5. The Bertz CT molecular complexity index is 913. The average molecular weight is 394 g/mol. The third-order valence-corrected chi connectivity index (χ3v) is 4.61. The summed E-state index contributed by atoms with van der Waals surface area (Å²) in [5.41, 5.74) is 8.78. The SMILES string of the molecule is COC(C=Nc1c(C)cc(C)cc1C)=NC(C=Nc1c(C)cc(C)cc1C)OC. The van der Waals surface area contributed by atoms with Gasteiger partial charge in [0.15, 0.2) is 6.23 Å². The van der Waals surface area contributed by atoms with Crippen LogP contribution < -0.4 is 0 Å². The maximum absolute atomic E-state index is 5.44. The van der Waals surface area contributed by atoms with Crippen LogP contribution in [0, 0.1) is 41.5 Å². The van der Waals surface area contributed by atoms with Gasteiger partial charge in [-0.15, -0.1) is 0 Å². The van der Waals surface area contributed by atoms with Crippen LogP contribution in [0.2, 0.25) is 0 Å². The Morgan fingerprint density at radius 1 is 0.759 bits per heavy atom. The summed E-state index contributed by atoms with van der Waals surface area (Å²) in [6, 6.07) is 8.45. The first-order valence-corrected chi connectivity index (χ1v) is 9.63. The average Bonchev–Trinajstić information content (AvgIpc) is 2.63. The summed E-state index contributed by atoms with van der Waals surface area (Å²) in [6.45, 7) is 12.4. The van der Waals surface area contributed by atoms with Crippen LogP contribution in [0.15, 0.2) is 39.2 Å². The number of hydrogen-bond donors (Lipinski definition) is 0. The first-order valence-electron chi connectivity index (χ1n) is 9.63. The molecule has 0 aliphatic carbocycles. The first kappa shape index (κ1) is 22.5. The molecule has 0 aromatic heterocycles. The van der Waals surface area contributed by atoms with Crippen LogP contribution in [0.1, 0.15) is 33.4 Å². The van der Waals surface area contributed by atoms with Crippen molar-refractivity contribution in [2.75, 3.05) is 14.2 Å². The highest BCUT2D eigenvalue weighted by Gasteiger charge is 2.07. The van der Waals surface area contributed by atoms with E-state index in [4.69, 9.17) is 9.47 Å². The van der Waals surface area contributed by atoms with Crippen LogP contribution in [-0.2, 0) is 9.47 Å². The number of ether oxygens (including phenoxy) is 2. The molecule has 5 nitrogen and oxygen atoms in total. The lowest BCUT2D eigenvalue weighted by atomic mass is 10.1. The van der Waals surface area contributed by atoms with Crippen molar-refractivity contribution in [2.45, 2.75) is 47.8 Å². The maximum atomic E-state index is 5.44. The predicted octanol–water partition coefficient (Wildman–Crippen LogP) is 5.66. The van der Waals surface area contributed by atoms with Crippen molar-refractivity contribution in [3.8, 4) is 0 Å². The van der Waals surface area contributed by atoms with Crippen molar-refractivity contribution in [3.63, 3.8) is 0 Å². The minimum atomic E-state index is -0.572. The van der Waals surface area contributed by atoms with Crippen molar-refractivity contribution < 1.29 is 9.47 Å². The van der Waals surface area contributed by atoms with Crippen molar-refractivity contribution in [3.05, 3.63) is 57.6 Å². The van der Waals surface area contributed by atoms with Crippen LogP contribution in [0.25, 0.3) is 0 Å². The molecule has 0 aliphatic rings. The van der Waals surface area contributed by atoms with E-state index in [9.17, 15) is 0 Å². The van der Waals surface area contributed by atoms with Crippen molar-refractivity contribution >= 4 is 29.7 Å². The van der Waals surface area contributed by atoms with E-state index in [0.717, 1.165) is 33.6 Å². The molecule has 0 N–H and O–H groups in total. The van der Waals surface area contributed by atoms with Gasteiger partial charge in [0.1, 0.15) is 0 Å². The monoisotopic (exact) mass is 393 g/mol. The van der Waals surface area contributed by atoms with Crippen LogP contribution >= 0.6 is 0 Å². The van der Waals surface area contributed by atoms with E-state index in [1.807, 2.05) is 13.8 Å². The number of nitrogens with zero attached hydrogens (tertiary/aromatic N) is 3. The zero-order valence-electron chi connectivity index (χ0n) is 18.7. The highest BCUT2D eigenvalue weighted by Crippen LogP contribution is 2.25. The molecule has 0 aliphatic heterocycles. The molecule has 2 rings (SSSR count). The molecule has 1 atom stereocenters. The Morgan fingerprint density at radius 3 is 1.62 bits per heavy atom. The first-order chi connectivity index (χ1) is 13.7. The van der Waals surface area contributed by atoms with Crippen LogP contribution in [0.5, 0.6) is 0 Å². The Kier molecular flexibility index (Phi) is 7.85. The van der Waals surface area contributed by atoms with E-state index >= 15 is 0 Å². The Balaban J connectivity index is 2.26. The standard InChI is InChI=1S/C24H31N3O2/c1-15-9-17(3)23(18(4)10-15)25-13-21(28-7)27-22(29-8)14-26-24-19(5)11-16(2)12-20(24)6/h9-14,21H,1-8H3. The fourth-order valence-corrected chi connectivity index (χ4v) is 3.42. The second-order valence-electron chi connectivity index (χ2n) is 7.33. The van der Waals surface area contributed by atoms with E-state index in [1.165, 1.54) is 11.1 Å². The summed E-state index contributed by atoms with van der Waals surface area (Å²) in [4.78, 5) is 13.7. The van der Waals surface area contributed by atoms with Gasteiger partial charge in [-0.25, -0.2) is 4.99 Å². The van der Waals surface area contributed by atoms with Gasteiger partial charge in [0.25, 0.3) is 0 Å². The summed E-state index contributed by atoms with van der Waals surface area (Å²) in [5, 5.41) is 0. The number of rotatable bonds is 6. The van der Waals surface area contributed by atoms with E-state index in [0.29, 0.717) is 5.90 Å². The second-order valence-corrected chi connectivity index (χ2v) is 7.33. The fourth-order valence-electron chi connectivity index (χ4n) is 3.42. The molecule has 0 fully saturated rings. The third kappa shape index (κ3) is 6.09. The number of benzene rings is 2. The van der Waals surface area contributed by atoms with Crippen LogP contribution in [0.3, 0.4) is 0 Å². The van der Waals surface area contributed by atoms with Crippen molar-refractivity contribution in [1.82, 2.24) is 0 Å². The Labute approximate surface area is 174 Å². The molecule has 0 radical (unpaired) electrons. The fraction of sp³-hybridized carbons (Fsp3) is 0.375. The van der Waals surface area contributed by atoms with Gasteiger partial charge in [-0.05, 0) is 63.8 Å². The van der Waals surface area contributed by atoms with Gasteiger partial charge in [0.2, 0.25) is 5.90 Å². The predicted molar refractivity (Wildman–Crippen MR) is 123 cm³/mol. The molecule has 2 aromatic rings. The smallest absolute Gasteiger partial charge is 0.230 e. The molecule has 0 bridgehead atoms. The van der Waals surface area contributed by atoms with E-state index in [2.05, 4.69) is 66.9 Å². The number of aryl methyl sites for hydroxylation is 6. The molecule has 0 saturated heterocycles. The van der Waals surface area contributed by atoms with Gasteiger partial charge >= 0.3 is 0 Å². The van der Waals surface area contributed by atoms with Gasteiger partial charge in [-0.2, -0.15) is 0 Å². The molecule has 0 saturated carbocycles. The van der Waals surface area contributed by atoms with Gasteiger partial charge in [-0.3, -0.25) is 9.98 Å². The minimum absolute atomic E-state index is 0.375. The van der Waals surface area contributed by atoms with Gasteiger partial charge in [-0.1, -0.05) is 35.4 Å². The van der Waals surface area contributed by atoms with Crippen LogP contribution in [-0.4, -0.2) is 38.8 Å². The molecule has 1 unspecified atom stereocenters. The molecule has 29 heavy (non-hydrogen) atoms. The lowest BCUT2D eigenvalue weighted by Crippen LogP contribution is -2.15. The summed E-state index contributed by atoms with van der Waals surface area (Å²) >= 11 is 0. The lowest BCUT2D eigenvalue weighted by Gasteiger charge is -2.10. The van der Waals surface area contributed by atoms with E-state index in [1.54, 1.807) is 26.6 Å². The number of hydrogen-bond acceptors (Lipinski definition) is 5. The summed E-state index contributed by atoms with van der Waals surface area (Å²) in [5.74, 6) is 0.375. The normalized spacial score (nSPS) is 13.4.